The highest BCUT2D eigenvalue weighted by atomic mass is 15.3. The Morgan fingerprint density at radius 3 is 2.68 bits per heavy atom. The van der Waals surface area contributed by atoms with E-state index in [4.69, 9.17) is 10.1 Å². The highest BCUT2D eigenvalue weighted by Gasteiger charge is 2.23. The van der Waals surface area contributed by atoms with Gasteiger partial charge in [0.05, 0.1) is 34.5 Å². The van der Waals surface area contributed by atoms with Crippen LogP contribution < -0.4 is 0 Å². The lowest BCUT2D eigenvalue weighted by Crippen LogP contribution is -2.46. The molecule has 0 spiro atoms. The molecule has 0 atom stereocenters. The molecule has 0 aromatic carbocycles. The maximum absolute atomic E-state index is 4.91. The smallest absolute Gasteiger partial charge is 0.133 e. The van der Waals surface area contributed by atoms with E-state index in [-0.39, 0.29) is 0 Å². The molecule has 1 fully saturated rings. The van der Waals surface area contributed by atoms with Crippen LogP contribution in [-0.2, 0) is 6.42 Å². The molecule has 5 rings (SSSR count). The molecule has 2 aromatic heterocycles. The average Bonchev–Trinajstić information content (AvgIpc) is 3.22. The third-order valence-corrected chi connectivity index (χ3v) is 6.23. The van der Waals surface area contributed by atoms with Crippen LogP contribution in [0.15, 0.2) is 47.4 Å². The Morgan fingerprint density at radius 2 is 1.90 bits per heavy atom. The van der Waals surface area contributed by atoms with Crippen LogP contribution in [0.2, 0.25) is 0 Å². The van der Waals surface area contributed by atoms with Gasteiger partial charge in [0.25, 0.3) is 0 Å². The molecule has 7 nitrogen and oxygen atoms in total. The van der Waals surface area contributed by atoms with E-state index in [0.29, 0.717) is 0 Å². The normalized spacial score (nSPS) is 19.4. The van der Waals surface area contributed by atoms with E-state index in [1.54, 1.807) is 0 Å². The highest BCUT2D eigenvalue weighted by Crippen LogP contribution is 2.25. The third-order valence-electron chi connectivity index (χ3n) is 6.23. The summed E-state index contributed by atoms with van der Waals surface area (Å²) in [6.45, 7) is 12.9. The first-order valence-electron chi connectivity index (χ1n) is 11.4. The lowest BCUT2D eigenvalue weighted by Gasteiger charge is -2.38. The van der Waals surface area contributed by atoms with Crippen LogP contribution in [0.25, 0.3) is 11.2 Å². The first-order chi connectivity index (χ1) is 15.1. The van der Waals surface area contributed by atoms with E-state index in [9.17, 15) is 0 Å². The minimum absolute atomic E-state index is 0.809. The van der Waals surface area contributed by atoms with Crippen molar-refractivity contribution in [2.75, 3.05) is 39.3 Å². The van der Waals surface area contributed by atoms with Crippen molar-refractivity contribution in [2.45, 2.75) is 33.6 Å². The van der Waals surface area contributed by atoms with Crippen molar-refractivity contribution >= 4 is 17.0 Å². The Hall–Kier alpha value is -2.93. The van der Waals surface area contributed by atoms with Crippen LogP contribution in [0.1, 0.15) is 37.4 Å². The van der Waals surface area contributed by atoms with Crippen LogP contribution in [0.5, 0.6) is 0 Å². The molecule has 0 bridgehead atoms. The molecule has 7 heteroatoms. The Morgan fingerprint density at radius 1 is 1.06 bits per heavy atom. The summed E-state index contributed by atoms with van der Waals surface area (Å²) in [5, 5.41) is 4.78. The average molecular weight is 418 g/mol. The second-order valence-electron chi connectivity index (χ2n) is 8.47. The zero-order valence-corrected chi connectivity index (χ0v) is 18.8. The summed E-state index contributed by atoms with van der Waals surface area (Å²) in [4.78, 5) is 16.9. The lowest BCUT2D eigenvalue weighted by molar-refractivity contribution is 0.161. The number of fused-ring (bicyclic) bond motifs is 2. The molecule has 3 aliphatic heterocycles. The zero-order chi connectivity index (χ0) is 21.4. The number of amidine groups is 1. The van der Waals surface area contributed by atoms with E-state index in [1.165, 1.54) is 18.7 Å². The van der Waals surface area contributed by atoms with Gasteiger partial charge in [-0.15, -0.1) is 0 Å². The van der Waals surface area contributed by atoms with E-state index < -0.39 is 0 Å². The first kappa shape index (κ1) is 20.0. The van der Waals surface area contributed by atoms with Crippen molar-refractivity contribution < 1.29 is 0 Å². The summed E-state index contributed by atoms with van der Waals surface area (Å²) in [5.74, 6) is 0.980. The van der Waals surface area contributed by atoms with Gasteiger partial charge in [0.2, 0.25) is 0 Å². The van der Waals surface area contributed by atoms with Crippen molar-refractivity contribution in [1.82, 2.24) is 29.3 Å². The Bertz CT molecular complexity index is 1100. The molecule has 3 aliphatic rings. The molecule has 0 unspecified atom stereocenters. The van der Waals surface area contributed by atoms with Crippen molar-refractivity contribution in [1.29, 1.82) is 0 Å². The van der Waals surface area contributed by atoms with E-state index in [2.05, 4.69) is 64.0 Å². The van der Waals surface area contributed by atoms with Gasteiger partial charge in [-0.3, -0.25) is 9.88 Å². The van der Waals surface area contributed by atoms with Crippen molar-refractivity contribution in [2.24, 2.45) is 4.99 Å². The molecule has 0 N–H and O–H groups in total. The third kappa shape index (κ3) is 3.90. The number of aryl methyl sites for hydroxylation is 2. The molecule has 1 saturated heterocycles. The summed E-state index contributed by atoms with van der Waals surface area (Å²) >= 11 is 0. The summed E-state index contributed by atoms with van der Waals surface area (Å²) < 4.78 is 1.94. The number of nitrogens with zero attached hydrogens (tertiary/aromatic N) is 7. The standard InChI is InChI=1S/C24H31N7/c1-4-9-28-11-13-29(14-12-28)19-6-7-24-26-21(8-10-30(24)17-19)22-15-23-20(5-2)25-18(3)16-31(23)27-22/h6-8,15-17H,4-5,9-14H2,1-3H3. The van der Waals surface area contributed by atoms with Crippen molar-refractivity contribution in [3.63, 3.8) is 0 Å². The van der Waals surface area contributed by atoms with Gasteiger partial charge in [-0.05, 0) is 50.6 Å². The fraction of sp³-hybridized carbons (Fsp3) is 0.458. The fourth-order valence-electron chi connectivity index (χ4n) is 4.59. The van der Waals surface area contributed by atoms with Gasteiger partial charge in [0.15, 0.2) is 0 Å². The van der Waals surface area contributed by atoms with Crippen molar-refractivity contribution in [3.8, 4) is 0 Å². The number of rotatable bonds is 5. The Labute approximate surface area is 184 Å². The molecule has 0 amide bonds. The van der Waals surface area contributed by atoms with E-state index in [1.807, 2.05) is 17.6 Å². The van der Waals surface area contributed by atoms with Gasteiger partial charge in [-0.2, -0.15) is 5.10 Å². The quantitative estimate of drug-likeness (QED) is 0.748. The summed E-state index contributed by atoms with van der Waals surface area (Å²) in [6, 6.07) is 2.11. The van der Waals surface area contributed by atoms with Crippen LogP contribution in [0.4, 0.5) is 0 Å². The Kier molecular flexibility index (Phi) is 5.36. The predicted molar refractivity (Wildman–Crippen MR) is 125 cm³/mol. The number of piperazine rings is 1. The SMILES string of the molecule is CCCN1CCN(C2=CN3CC=C(c4cc5c(CC)nc(C)cn5n4)N=C3C=C2)CC1. The van der Waals surface area contributed by atoms with Gasteiger partial charge in [-0.25, -0.2) is 9.51 Å². The van der Waals surface area contributed by atoms with Gasteiger partial charge in [-0.1, -0.05) is 13.8 Å². The lowest BCUT2D eigenvalue weighted by atomic mass is 10.1. The van der Waals surface area contributed by atoms with Gasteiger partial charge >= 0.3 is 0 Å². The Balaban J connectivity index is 1.33. The van der Waals surface area contributed by atoms with Crippen molar-refractivity contribution in [3.05, 3.63) is 59.5 Å². The second-order valence-corrected chi connectivity index (χ2v) is 8.47. The zero-order valence-electron chi connectivity index (χ0n) is 18.8. The first-order valence-corrected chi connectivity index (χ1v) is 11.4. The minimum atomic E-state index is 0.809. The molecule has 2 aromatic rings. The van der Waals surface area contributed by atoms with E-state index >= 15 is 0 Å². The maximum Gasteiger partial charge on any atom is 0.133 e. The summed E-state index contributed by atoms with van der Waals surface area (Å²) in [7, 11) is 0. The monoisotopic (exact) mass is 417 g/mol. The van der Waals surface area contributed by atoms with Crippen LogP contribution >= 0.6 is 0 Å². The van der Waals surface area contributed by atoms with Gasteiger partial charge in [0, 0.05) is 38.9 Å². The second kappa shape index (κ2) is 8.30. The predicted octanol–water partition coefficient (Wildman–Crippen LogP) is 3.09. The number of allylic oxidation sites excluding steroid dienone is 1. The number of hydrogen-bond donors (Lipinski definition) is 0. The molecule has 162 valence electrons. The summed E-state index contributed by atoms with van der Waals surface area (Å²) in [5.41, 5.74) is 6.25. The molecule has 0 saturated carbocycles. The maximum atomic E-state index is 4.91. The molecular formula is C24H31N7. The number of aromatic nitrogens is 3. The van der Waals surface area contributed by atoms with Crippen LogP contribution in [0, 0.1) is 6.92 Å². The van der Waals surface area contributed by atoms with Gasteiger partial charge in [0.1, 0.15) is 11.5 Å². The van der Waals surface area contributed by atoms with Gasteiger partial charge < -0.3 is 9.80 Å². The molecule has 0 radical (unpaired) electrons. The van der Waals surface area contributed by atoms with E-state index in [0.717, 1.165) is 73.3 Å². The van der Waals surface area contributed by atoms with Crippen LogP contribution in [-0.4, -0.2) is 74.4 Å². The highest BCUT2D eigenvalue weighted by molar-refractivity contribution is 6.00. The number of aliphatic imine (C=N–C) groups is 1. The molecule has 5 heterocycles. The summed E-state index contributed by atoms with van der Waals surface area (Å²) in [6.07, 6.45) is 12.9. The van der Waals surface area contributed by atoms with Crippen LogP contribution in [0.3, 0.4) is 0 Å². The fourth-order valence-corrected chi connectivity index (χ4v) is 4.59. The molecule has 31 heavy (non-hydrogen) atoms. The number of hydrogen-bond acceptors (Lipinski definition) is 6. The molecule has 0 aliphatic carbocycles. The largest absolute Gasteiger partial charge is 0.368 e. The molecular weight excluding hydrogens is 386 g/mol. The minimum Gasteiger partial charge on any atom is -0.368 e. The topological polar surface area (TPSA) is 52.3 Å².